The number of nitrogens with two attached hydrogens (primary N) is 1. The summed E-state index contributed by atoms with van der Waals surface area (Å²) >= 11 is 0. The second kappa shape index (κ2) is 10.1. The molecule has 1 saturated carbocycles. The van der Waals surface area contributed by atoms with E-state index in [0.29, 0.717) is 40.8 Å². The Morgan fingerprint density at radius 1 is 1.16 bits per heavy atom. The van der Waals surface area contributed by atoms with Crippen LogP contribution in [0, 0.1) is 0 Å². The molecule has 0 amide bonds. The van der Waals surface area contributed by atoms with Crippen molar-refractivity contribution >= 4 is 27.0 Å². The minimum Gasteiger partial charge on any atom is -0.480 e. The summed E-state index contributed by atoms with van der Waals surface area (Å²) in [5.41, 5.74) is 2.76. The standard InChI is InChI=1S/C25H28N8O4S/c1-4-14(2)33-23-18(12-28-21(32-23)19-20(16-7-8-16)29-13-30-24(19)37-3)31-22(25(33)34)27-11-15-5-9-17(10-6-15)38(26,35)36/h5-6,9-10,12-14,16H,4,7-8,11H2,1-3H3,(H,27,31)(H2,26,35,36)/t14-/m1/s1. The van der Waals surface area contributed by atoms with Crippen LogP contribution in [0.2, 0.25) is 0 Å². The molecule has 38 heavy (non-hydrogen) atoms. The molecule has 13 heteroatoms. The monoisotopic (exact) mass is 536 g/mol. The van der Waals surface area contributed by atoms with E-state index in [1.807, 2.05) is 13.8 Å². The van der Waals surface area contributed by atoms with E-state index in [1.54, 1.807) is 30.0 Å². The van der Waals surface area contributed by atoms with Crippen LogP contribution in [0.5, 0.6) is 5.88 Å². The summed E-state index contributed by atoms with van der Waals surface area (Å²) < 4.78 is 30.1. The van der Waals surface area contributed by atoms with Gasteiger partial charge in [-0.15, -0.1) is 0 Å². The number of ether oxygens (including phenoxy) is 1. The smallest absolute Gasteiger partial charge is 0.295 e. The van der Waals surface area contributed by atoms with Crippen molar-refractivity contribution in [2.24, 2.45) is 5.14 Å². The first kappa shape index (κ1) is 25.7. The van der Waals surface area contributed by atoms with Gasteiger partial charge < -0.3 is 10.1 Å². The molecule has 12 nitrogen and oxygen atoms in total. The van der Waals surface area contributed by atoms with Gasteiger partial charge in [-0.2, -0.15) is 0 Å². The van der Waals surface area contributed by atoms with Gasteiger partial charge in [-0.1, -0.05) is 19.1 Å². The number of sulfonamides is 1. The molecule has 1 aromatic carbocycles. The quantitative estimate of drug-likeness (QED) is 0.324. The maximum Gasteiger partial charge on any atom is 0.295 e. The lowest BCUT2D eigenvalue weighted by Crippen LogP contribution is -2.28. The topological polar surface area (TPSA) is 168 Å². The Kier molecular flexibility index (Phi) is 6.80. The highest BCUT2D eigenvalue weighted by Crippen LogP contribution is 2.44. The molecule has 0 bridgehead atoms. The van der Waals surface area contributed by atoms with Crippen molar-refractivity contribution in [2.75, 3.05) is 12.4 Å². The number of methoxy groups -OCH3 is 1. The molecule has 1 atom stereocenters. The molecule has 198 valence electrons. The molecule has 5 rings (SSSR count). The van der Waals surface area contributed by atoms with Crippen LogP contribution < -0.4 is 20.8 Å². The van der Waals surface area contributed by atoms with Gasteiger partial charge in [0.25, 0.3) is 5.56 Å². The first-order chi connectivity index (χ1) is 18.2. The van der Waals surface area contributed by atoms with Gasteiger partial charge in [0.1, 0.15) is 17.4 Å². The molecular weight excluding hydrogens is 508 g/mol. The molecule has 0 unspecified atom stereocenters. The lowest BCUT2D eigenvalue weighted by Gasteiger charge is -2.18. The van der Waals surface area contributed by atoms with Crippen molar-refractivity contribution in [2.45, 2.75) is 56.5 Å². The third-order valence-corrected chi connectivity index (χ3v) is 7.53. The summed E-state index contributed by atoms with van der Waals surface area (Å²) in [5.74, 6) is 1.22. The maximum atomic E-state index is 13.6. The predicted octanol–water partition coefficient (Wildman–Crippen LogP) is 2.76. The first-order valence-electron chi connectivity index (χ1n) is 12.2. The molecule has 0 spiro atoms. The molecular formula is C25H28N8O4S. The number of benzene rings is 1. The van der Waals surface area contributed by atoms with Crippen LogP contribution in [0.4, 0.5) is 5.82 Å². The number of hydrogen-bond acceptors (Lipinski definition) is 10. The minimum atomic E-state index is -3.78. The van der Waals surface area contributed by atoms with Crippen molar-refractivity contribution in [1.82, 2.24) is 29.5 Å². The zero-order chi connectivity index (χ0) is 27.0. The van der Waals surface area contributed by atoms with Gasteiger partial charge >= 0.3 is 0 Å². The van der Waals surface area contributed by atoms with E-state index >= 15 is 0 Å². The number of hydrogen-bond donors (Lipinski definition) is 2. The molecule has 1 aliphatic carbocycles. The van der Waals surface area contributed by atoms with Crippen molar-refractivity contribution < 1.29 is 13.2 Å². The average Bonchev–Trinajstić information content (AvgIpc) is 3.76. The van der Waals surface area contributed by atoms with Crippen LogP contribution in [0.15, 0.2) is 46.5 Å². The van der Waals surface area contributed by atoms with E-state index in [4.69, 9.17) is 14.9 Å². The van der Waals surface area contributed by atoms with Gasteiger partial charge in [0.15, 0.2) is 17.3 Å². The van der Waals surface area contributed by atoms with Crippen molar-refractivity contribution in [3.8, 4) is 17.3 Å². The number of nitrogens with one attached hydrogen (secondary N) is 1. The Balaban J connectivity index is 1.56. The molecule has 4 aromatic rings. The number of anilines is 1. The molecule has 0 saturated heterocycles. The summed E-state index contributed by atoms with van der Waals surface area (Å²) in [6, 6.07) is 5.93. The van der Waals surface area contributed by atoms with Crippen molar-refractivity contribution in [3.05, 3.63) is 58.4 Å². The van der Waals surface area contributed by atoms with Gasteiger partial charge in [0.2, 0.25) is 15.9 Å². The zero-order valence-electron chi connectivity index (χ0n) is 21.2. The Bertz CT molecular complexity index is 1670. The van der Waals surface area contributed by atoms with E-state index in [2.05, 4.69) is 25.3 Å². The largest absolute Gasteiger partial charge is 0.480 e. The van der Waals surface area contributed by atoms with Crippen molar-refractivity contribution in [3.63, 3.8) is 0 Å². The first-order valence-corrected chi connectivity index (χ1v) is 13.8. The Morgan fingerprint density at radius 3 is 2.53 bits per heavy atom. The normalized spacial score (nSPS) is 14.4. The third-order valence-electron chi connectivity index (χ3n) is 6.60. The Labute approximate surface area is 219 Å². The highest BCUT2D eigenvalue weighted by Gasteiger charge is 2.31. The number of fused-ring (bicyclic) bond motifs is 1. The lowest BCUT2D eigenvalue weighted by molar-refractivity contribution is 0.397. The van der Waals surface area contributed by atoms with Gasteiger partial charge in [-0.25, -0.2) is 38.5 Å². The van der Waals surface area contributed by atoms with Gasteiger partial charge in [-0.3, -0.25) is 9.36 Å². The third kappa shape index (κ3) is 4.94. The number of rotatable bonds is 9. The van der Waals surface area contributed by atoms with Gasteiger partial charge in [-0.05, 0) is 43.9 Å². The summed E-state index contributed by atoms with van der Waals surface area (Å²) in [6.45, 7) is 4.19. The molecule has 3 heterocycles. The summed E-state index contributed by atoms with van der Waals surface area (Å²) in [4.78, 5) is 36.2. The fourth-order valence-electron chi connectivity index (χ4n) is 4.22. The summed E-state index contributed by atoms with van der Waals surface area (Å²) in [6.07, 6.45) is 5.82. The average molecular weight is 537 g/mol. The predicted molar refractivity (Wildman–Crippen MR) is 141 cm³/mol. The second-order valence-corrected chi connectivity index (χ2v) is 10.8. The van der Waals surface area contributed by atoms with Crippen LogP contribution in [0.3, 0.4) is 0 Å². The highest BCUT2D eigenvalue weighted by atomic mass is 32.2. The zero-order valence-corrected chi connectivity index (χ0v) is 22.1. The van der Waals surface area contributed by atoms with Crippen molar-refractivity contribution in [1.29, 1.82) is 0 Å². The van der Waals surface area contributed by atoms with Crippen LogP contribution in [0.25, 0.3) is 22.6 Å². The molecule has 1 aliphatic rings. The highest BCUT2D eigenvalue weighted by molar-refractivity contribution is 7.89. The molecule has 0 radical (unpaired) electrons. The van der Waals surface area contributed by atoms with E-state index in [-0.39, 0.29) is 28.9 Å². The Morgan fingerprint density at radius 2 is 1.89 bits per heavy atom. The second-order valence-electron chi connectivity index (χ2n) is 9.26. The molecule has 1 fully saturated rings. The van der Waals surface area contributed by atoms with Gasteiger partial charge in [0.05, 0.1) is 23.9 Å². The van der Waals surface area contributed by atoms with Gasteiger partial charge in [0, 0.05) is 18.5 Å². The van der Waals surface area contributed by atoms with Crippen LogP contribution in [-0.4, -0.2) is 45.0 Å². The molecule has 0 aliphatic heterocycles. The van der Waals surface area contributed by atoms with E-state index < -0.39 is 10.0 Å². The number of nitrogens with zero attached hydrogens (tertiary/aromatic N) is 6. The number of primary sulfonamides is 1. The van der Waals surface area contributed by atoms with Crippen LogP contribution >= 0.6 is 0 Å². The number of aromatic nitrogens is 6. The van der Waals surface area contributed by atoms with E-state index in [1.165, 1.54) is 18.5 Å². The maximum absolute atomic E-state index is 13.6. The molecule has 3 aromatic heterocycles. The van der Waals surface area contributed by atoms with E-state index in [0.717, 1.165) is 24.1 Å². The van der Waals surface area contributed by atoms with E-state index in [9.17, 15) is 13.2 Å². The fourth-order valence-corrected chi connectivity index (χ4v) is 4.74. The lowest BCUT2D eigenvalue weighted by atomic mass is 10.1. The van der Waals surface area contributed by atoms with Crippen LogP contribution in [0.1, 0.15) is 56.3 Å². The van der Waals surface area contributed by atoms with Crippen LogP contribution in [-0.2, 0) is 16.6 Å². The SMILES string of the molecule is CC[C@@H](C)n1c(=O)c(NCc2ccc(S(N)(=O)=O)cc2)nc2cnc(-c3c(OC)ncnc3C3CC3)nc21. The summed E-state index contributed by atoms with van der Waals surface area (Å²) in [5, 5.41) is 8.24. The Hall–Kier alpha value is -3.97. The summed E-state index contributed by atoms with van der Waals surface area (Å²) in [7, 11) is -2.24. The molecule has 3 N–H and O–H groups in total. The minimum absolute atomic E-state index is 0.0162. The fraction of sp³-hybridized carbons (Fsp3) is 0.360.